The molecule has 0 radical (unpaired) electrons. The molecule has 0 aromatic carbocycles. The van der Waals surface area contributed by atoms with E-state index in [9.17, 15) is 4.79 Å². The van der Waals surface area contributed by atoms with Gasteiger partial charge in [0, 0.05) is 13.5 Å². The molecule has 1 aliphatic carbocycles. The number of ketones is 1. The van der Waals surface area contributed by atoms with Gasteiger partial charge in [0.15, 0.2) is 0 Å². The van der Waals surface area contributed by atoms with Crippen LogP contribution in [0.2, 0.25) is 0 Å². The van der Waals surface area contributed by atoms with E-state index >= 15 is 0 Å². The monoisotopic (exact) mass is 292 g/mol. The second-order valence-electron chi connectivity index (χ2n) is 6.70. The fourth-order valence-electron chi connectivity index (χ4n) is 3.03. The predicted molar refractivity (Wildman–Crippen MR) is 89.4 cm³/mol. The van der Waals surface area contributed by atoms with Crippen molar-refractivity contribution >= 4 is 5.78 Å². The van der Waals surface area contributed by atoms with E-state index in [1.54, 1.807) is 7.11 Å². The van der Waals surface area contributed by atoms with Gasteiger partial charge in [0.1, 0.15) is 5.78 Å². The molecule has 21 heavy (non-hydrogen) atoms. The molecule has 120 valence electrons. The summed E-state index contributed by atoms with van der Waals surface area (Å²) in [5.41, 5.74) is 0.655. The van der Waals surface area contributed by atoms with E-state index in [1.807, 2.05) is 0 Å². The van der Waals surface area contributed by atoms with Gasteiger partial charge < -0.3 is 4.74 Å². The number of rotatable bonds is 10. The number of carbonyl (C=O) groups is 1. The Balaban J connectivity index is 2.42. The van der Waals surface area contributed by atoms with Crippen LogP contribution >= 0.6 is 0 Å². The standard InChI is InChI=1S/C19H32O2/c1-16(2)11-7-5-6-8-13-18(20)19(15-21-4)14-10-9-12-17(19)3/h10,12,14,16H,5-9,11,13,15H2,1-4H3. The quantitative estimate of drug-likeness (QED) is 0.414. The van der Waals surface area contributed by atoms with Crippen molar-refractivity contribution in [2.45, 2.75) is 65.7 Å². The molecule has 0 fully saturated rings. The zero-order valence-electron chi connectivity index (χ0n) is 14.3. The van der Waals surface area contributed by atoms with Crippen LogP contribution < -0.4 is 0 Å². The van der Waals surface area contributed by atoms with Gasteiger partial charge in [-0.25, -0.2) is 0 Å². The van der Waals surface area contributed by atoms with Gasteiger partial charge in [0.05, 0.1) is 12.0 Å². The van der Waals surface area contributed by atoms with Gasteiger partial charge in [-0.05, 0) is 25.7 Å². The first-order valence-electron chi connectivity index (χ1n) is 8.40. The third-order valence-electron chi connectivity index (χ3n) is 4.47. The van der Waals surface area contributed by atoms with E-state index in [4.69, 9.17) is 4.74 Å². The topological polar surface area (TPSA) is 26.3 Å². The summed E-state index contributed by atoms with van der Waals surface area (Å²) in [7, 11) is 1.68. The lowest BCUT2D eigenvalue weighted by molar-refractivity contribution is -0.127. The molecule has 1 atom stereocenters. The second-order valence-corrected chi connectivity index (χ2v) is 6.70. The summed E-state index contributed by atoms with van der Waals surface area (Å²) in [6, 6.07) is 0. The first-order chi connectivity index (χ1) is 10.0. The maximum Gasteiger partial charge on any atom is 0.149 e. The van der Waals surface area contributed by atoms with E-state index in [0.717, 1.165) is 30.8 Å². The van der Waals surface area contributed by atoms with E-state index in [-0.39, 0.29) is 0 Å². The van der Waals surface area contributed by atoms with Crippen molar-refractivity contribution in [2.75, 3.05) is 13.7 Å². The van der Waals surface area contributed by atoms with Crippen molar-refractivity contribution in [1.29, 1.82) is 0 Å². The summed E-state index contributed by atoms with van der Waals surface area (Å²) in [4.78, 5) is 12.7. The summed E-state index contributed by atoms with van der Waals surface area (Å²) in [5, 5.41) is 0. The molecule has 0 aromatic heterocycles. The largest absolute Gasteiger partial charge is 0.383 e. The highest BCUT2D eigenvalue weighted by molar-refractivity contribution is 5.90. The molecule has 0 spiro atoms. The third-order valence-corrected chi connectivity index (χ3v) is 4.47. The Morgan fingerprint density at radius 3 is 2.62 bits per heavy atom. The predicted octanol–water partition coefficient (Wildman–Crippen LogP) is 5.09. The molecule has 2 heteroatoms. The molecule has 0 saturated carbocycles. The second kappa shape index (κ2) is 9.19. The average molecular weight is 292 g/mol. The van der Waals surface area contributed by atoms with Crippen molar-refractivity contribution in [2.24, 2.45) is 11.3 Å². The molecular formula is C19H32O2. The first kappa shape index (κ1) is 18.2. The lowest BCUT2D eigenvalue weighted by atomic mass is 9.73. The summed E-state index contributed by atoms with van der Waals surface area (Å²) >= 11 is 0. The van der Waals surface area contributed by atoms with Gasteiger partial charge >= 0.3 is 0 Å². The number of allylic oxidation sites excluding steroid dienone is 2. The van der Waals surface area contributed by atoms with Crippen LogP contribution in [0.1, 0.15) is 65.7 Å². The van der Waals surface area contributed by atoms with Gasteiger partial charge in [-0.2, -0.15) is 0 Å². The van der Waals surface area contributed by atoms with Crippen molar-refractivity contribution in [3.63, 3.8) is 0 Å². The molecule has 0 N–H and O–H groups in total. The number of carbonyl (C=O) groups excluding carboxylic acids is 1. The first-order valence-corrected chi connectivity index (χ1v) is 8.40. The molecule has 0 saturated heterocycles. The van der Waals surface area contributed by atoms with Crippen LogP contribution in [0.5, 0.6) is 0 Å². The normalized spacial score (nSPS) is 21.7. The highest BCUT2D eigenvalue weighted by Crippen LogP contribution is 2.35. The van der Waals surface area contributed by atoms with Crippen LogP contribution in [0.4, 0.5) is 0 Å². The summed E-state index contributed by atoms with van der Waals surface area (Å²) in [6.45, 7) is 7.06. The van der Waals surface area contributed by atoms with E-state index < -0.39 is 5.41 Å². The Labute approximate surface area is 130 Å². The number of hydrogen-bond acceptors (Lipinski definition) is 2. The van der Waals surface area contributed by atoms with Crippen molar-refractivity contribution in [1.82, 2.24) is 0 Å². The fourth-order valence-corrected chi connectivity index (χ4v) is 3.03. The Morgan fingerprint density at radius 2 is 2.00 bits per heavy atom. The minimum Gasteiger partial charge on any atom is -0.383 e. The van der Waals surface area contributed by atoms with Crippen molar-refractivity contribution < 1.29 is 9.53 Å². The molecule has 0 amide bonds. The zero-order chi connectivity index (χ0) is 15.7. The molecular weight excluding hydrogens is 260 g/mol. The summed E-state index contributed by atoms with van der Waals surface area (Å²) in [5.74, 6) is 1.11. The lowest BCUT2D eigenvalue weighted by Gasteiger charge is -2.32. The van der Waals surface area contributed by atoms with Gasteiger partial charge in [0.2, 0.25) is 0 Å². The number of methoxy groups -OCH3 is 1. The number of hydrogen-bond donors (Lipinski definition) is 0. The molecule has 0 aromatic rings. The Bertz CT molecular complexity index is 379. The van der Waals surface area contributed by atoms with Crippen LogP contribution in [0.15, 0.2) is 23.8 Å². The smallest absolute Gasteiger partial charge is 0.149 e. The van der Waals surface area contributed by atoms with Gasteiger partial charge in [0.25, 0.3) is 0 Å². The minimum absolute atomic E-state index is 0.318. The minimum atomic E-state index is -0.495. The van der Waals surface area contributed by atoms with E-state index in [0.29, 0.717) is 18.8 Å². The van der Waals surface area contributed by atoms with E-state index in [2.05, 4.69) is 39.0 Å². The SMILES string of the molecule is COCC1(C(=O)CCCCCCC(C)C)C=CCC=C1C. The van der Waals surface area contributed by atoms with Crippen LogP contribution in [-0.2, 0) is 9.53 Å². The van der Waals surface area contributed by atoms with Crippen LogP contribution in [0.25, 0.3) is 0 Å². The Hall–Kier alpha value is -0.890. The fraction of sp³-hybridized carbons (Fsp3) is 0.737. The van der Waals surface area contributed by atoms with Gasteiger partial charge in [-0.3, -0.25) is 4.79 Å². The lowest BCUT2D eigenvalue weighted by Crippen LogP contribution is -2.36. The Kier molecular flexibility index (Phi) is 7.95. The van der Waals surface area contributed by atoms with Gasteiger partial charge in [-0.15, -0.1) is 0 Å². The Morgan fingerprint density at radius 1 is 1.29 bits per heavy atom. The average Bonchev–Trinajstić information content (AvgIpc) is 2.45. The molecule has 1 rings (SSSR count). The molecule has 0 aliphatic heterocycles. The number of Topliss-reactive ketones (excluding diaryl/α,β-unsaturated/α-hetero) is 1. The molecule has 1 unspecified atom stereocenters. The van der Waals surface area contributed by atoms with Crippen molar-refractivity contribution in [3.8, 4) is 0 Å². The van der Waals surface area contributed by atoms with Crippen LogP contribution in [0.3, 0.4) is 0 Å². The van der Waals surface area contributed by atoms with Gasteiger partial charge in [-0.1, -0.05) is 63.3 Å². The number of ether oxygens (including phenoxy) is 1. The summed E-state index contributed by atoms with van der Waals surface area (Å²) < 4.78 is 5.33. The van der Waals surface area contributed by atoms with E-state index in [1.165, 1.54) is 19.3 Å². The zero-order valence-corrected chi connectivity index (χ0v) is 14.3. The molecule has 0 heterocycles. The van der Waals surface area contributed by atoms with Crippen LogP contribution in [0, 0.1) is 11.3 Å². The number of unbranched alkanes of at least 4 members (excludes halogenated alkanes) is 3. The molecule has 2 nitrogen and oxygen atoms in total. The maximum absolute atomic E-state index is 12.7. The highest BCUT2D eigenvalue weighted by Gasteiger charge is 2.37. The highest BCUT2D eigenvalue weighted by atomic mass is 16.5. The summed E-state index contributed by atoms with van der Waals surface area (Å²) in [6.07, 6.45) is 13.9. The third kappa shape index (κ3) is 5.43. The van der Waals surface area contributed by atoms with Crippen LogP contribution in [-0.4, -0.2) is 19.5 Å². The van der Waals surface area contributed by atoms with Crippen molar-refractivity contribution in [3.05, 3.63) is 23.8 Å². The molecule has 0 bridgehead atoms. The molecule has 1 aliphatic rings. The maximum atomic E-state index is 12.7.